The second-order valence-corrected chi connectivity index (χ2v) is 6.76. The summed E-state index contributed by atoms with van der Waals surface area (Å²) in [7, 11) is 2.02. The van der Waals surface area contributed by atoms with Crippen molar-refractivity contribution in [3.8, 4) is 5.88 Å². The van der Waals surface area contributed by atoms with Crippen LogP contribution in [0.25, 0.3) is 11.2 Å². The highest BCUT2D eigenvalue weighted by molar-refractivity contribution is 6.31. The molecular formula is C18H20ClN5O. The van der Waals surface area contributed by atoms with Crippen molar-refractivity contribution in [1.29, 1.82) is 0 Å². The second-order valence-electron chi connectivity index (χ2n) is 6.35. The predicted octanol–water partition coefficient (Wildman–Crippen LogP) is 3.31. The molecule has 0 spiro atoms. The van der Waals surface area contributed by atoms with Crippen molar-refractivity contribution < 1.29 is 4.74 Å². The first-order valence-corrected chi connectivity index (χ1v) is 8.86. The molecule has 0 N–H and O–H groups in total. The maximum atomic E-state index is 6.09. The van der Waals surface area contributed by atoms with Crippen LogP contribution in [-0.4, -0.2) is 39.2 Å². The normalized spacial score (nSPS) is 15.7. The molecule has 0 aromatic carbocycles. The van der Waals surface area contributed by atoms with Gasteiger partial charge in [-0.25, -0.2) is 15.0 Å². The topological polar surface area (TPSA) is 56.1 Å². The number of halogens is 1. The van der Waals surface area contributed by atoms with E-state index in [1.807, 2.05) is 19.2 Å². The number of anilines is 1. The van der Waals surface area contributed by atoms with Crippen molar-refractivity contribution in [2.45, 2.75) is 12.8 Å². The molecule has 0 saturated carbocycles. The van der Waals surface area contributed by atoms with Gasteiger partial charge >= 0.3 is 0 Å². The van der Waals surface area contributed by atoms with Crippen molar-refractivity contribution in [2.24, 2.45) is 13.0 Å². The van der Waals surface area contributed by atoms with Crippen LogP contribution in [0, 0.1) is 5.92 Å². The summed E-state index contributed by atoms with van der Waals surface area (Å²) in [5, 5.41) is 0.562. The first kappa shape index (κ1) is 16.1. The minimum Gasteiger partial charge on any atom is -0.476 e. The molecule has 4 heterocycles. The number of hydrogen-bond donors (Lipinski definition) is 0. The SMILES string of the molecule is Cn1c(N2CCC(COc3ncccc3Cl)CC2)nc2cccnc21. The number of imidazole rings is 1. The number of ether oxygens (including phenoxy) is 1. The van der Waals surface area contributed by atoms with Crippen LogP contribution in [0.2, 0.25) is 5.02 Å². The molecule has 0 atom stereocenters. The first-order chi connectivity index (χ1) is 12.2. The zero-order chi connectivity index (χ0) is 17.2. The summed E-state index contributed by atoms with van der Waals surface area (Å²) in [6, 6.07) is 7.53. The van der Waals surface area contributed by atoms with Crippen LogP contribution in [0.1, 0.15) is 12.8 Å². The highest BCUT2D eigenvalue weighted by Crippen LogP contribution is 2.26. The summed E-state index contributed by atoms with van der Waals surface area (Å²) in [4.78, 5) is 15.7. The molecule has 4 rings (SSSR count). The fraction of sp³-hybridized carbons (Fsp3) is 0.389. The Kier molecular flexibility index (Phi) is 4.44. The first-order valence-electron chi connectivity index (χ1n) is 8.48. The summed E-state index contributed by atoms with van der Waals surface area (Å²) >= 11 is 6.09. The molecule has 1 fully saturated rings. The Morgan fingerprint density at radius 2 is 1.92 bits per heavy atom. The lowest BCUT2D eigenvalue weighted by Crippen LogP contribution is -2.37. The standard InChI is InChI=1S/C18H20ClN5O/c1-23-16-15(5-3-8-20-16)22-18(23)24-10-6-13(7-11-24)12-25-17-14(19)4-2-9-21-17/h2-5,8-9,13H,6-7,10-12H2,1H3. The number of nitrogens with zero attached hydrogens (tertiary/aromatic N) is 5. The van der Waals surface area contributed by atoms with Crippen LogP contribution in [0.15, 0.2) is 36.7 Å². The van der Waals surface area contributed by atoms with E-state index in [9.17, 15) is 0 Å². The summed E-state index contributed by atoms with van der Waals surface area (Å²) < 4.78 is 7.87. The molecule has 0 bridgehead atoms. The third-order valence-electron chi connectivity index (χ3n) is 4.68. The monoisotopic (exact) mass is 357 g/mol. The molecule has 0 aliphatic carbocycles. The smallest absolute Gasteiger partial charge is 0.232 e. The van der Waals surface area contributed by atoms with Gasteiger partial charge in [-0.05, 0) is 43.0 Å². The molecule has 25 heavy (non-hydrogen) atoms. The summed E-state index contributed by atoms with van der Waals surface area (Å²) in [5.41, 5.74) is 1.86. The predicted molar refractivity (Wildman–Crippen MR) is 98.2 cm³/mol. The van der Waals surface area contributed by atoms with Crippen LogP contribution in [0.5, 0.6) is 5.88 Å². The van der Waals surface area contributed by atoms with Crippen LogP contribution >= 0.6 is 11.6 Å². The number of aryl methyl sites for hydroxylation is 1. The van der Waals surface area contributed by atoms with Crippen LogP contribution < -0.4 is 9.64 Å². The van der Waals surface area contributed by atoms with Crippen molar-refractivity contribution in [2.75, 3.05) is 24.6 Å². The third-order valence-corrected chi connectivity index (χ3v) is 4.97. The molecule has 0 unspecified atom stereocenters. The highest BCUT2D eigenvalue weighted by atomic mass is 35.5. The van der Waals surface area contributed by atoms with Crippen molar-refractivity contribution in [1.82, 2.24) is 19.5 Å². The second kappa shape index (κ2) is 6.88. The lowest BCUT2D eigenvalue weighted by Gasteiger charge is -2.32. The molecule has 3 aromatic heterocycles. The third kappa shape index (κ3) is 3.26. The van der Waals surface area contributed by atoms with Gasteiger partial charge in [0.25, 0.3) is 0 Å². The fourth-order valence-electron chi connectivity index (χ4n) is 3.27. The molecule has 0 radical (unpaired) electrons. The van der Waals surface area contributed by atoms with Gasteiger partial charge in [-0.15, -0.1) is 0 Å². The van der Waals surface area contributed by atoms with Gasteiger partial charge < -0.3 is 9.64 Å². The van der Waals surface area contributed by atoms with E-state index < -0.39 is 0 Å². The Labute approximate surface area is 151 Å². The van der Waals surface area contributed by atoms with E-state index in [0.717, 1.165) is 43.0 Å². The van der Waals surface area contributed by atoms with E-state index in [2.05, 4.69) is 19.4 Å². The number of hydrogen-bond acceptors (Lipinski definition) is 5. The van der Waals surface area contributed by atoms with Gasteiger partial charge in [0.05, 0.1) is 6.61 Å². The number of pyridine rings is 2. The van der Waals surface area contributed by atoms with E-state index in [0.29, 0.717) is 23.4 Å². The molecule has 1 saturated heterocycles. The molecule has 1 aliphatic rings. The van der Waals surface area contributed by atoms with E-state index in [1.54, 1.807) is 24.5 Å². The van der Waals surface area contributed by atoms with Crippen molar-refractivity contribution in [3.63, 3.8) is 0 Å². The average Bonchev–Trinajstić information content (AvgIpc) is 2.99. The van der Waals surface area contributed by atoms with Crippen LogP contribution in [0.4, 0.5) is 5.95 Å². The minimum atomic E-state index is 0.502. The molecule has 7 heteroatoms. The van der Waals surface area contributed by atoms with Crippen LogP contribution in [0.3, 0.4) is 0 Å². The van der Waals surface area contributed by atoms with Crippen LogP contribution in [-0.2, 0) is 7.05 Å². The molecular weight excluding hydrogens is 338 g/mol. The van der Waals surface area contributed by atoms with E-state index in [1.165, 1.54) is 0 Å². The van der Waals surface area contributed by atoms with Gasteiger partial charge in [0.15, 0.2) is 5.65 Å². The quantitative estimate of drug-likeness (QED) is 0.717. The number of aromatic nitrogens is 4. The molecule has 1 aliphatic heterocycles. The maximum Gasteiger partial charge on any atom is 0.232 e. The van der Waals surface area contributed by atoms with E-state index in [-0.39, 0.29) is 0 Å². The lowest BCUT2D eigenvalue weighted by atomic mass is 9.98. The minimum absolute atomic E-state index is 0.502. The lowest BCUT2D eigenvalue weighted by molar-refractivity contribution is 0.215. The maximum absolute atomic E-state index is 6.09. The zero-order valence-corrected chi connectivity index (χ0v) is 14.9. The van der Waals surface area contributed by atoms with Crippen molar-refractivity contribution in [3.05, 3.63) is 41.7 Å². The Hall–Kier alpha value is -2.34. The molecule has 0 amide bonds. The Morgan fingerprint density at radius 1 is 1.16 bits per heavy atom. The molecule has 3 aromatic rings. The fourth-order valence-corrected chi connectivity index (χ4v) is 3.44. The van der Waals surface area contributed by atoms with Gasteiger partial charge in [0.1, 0.15) is 10.5 Å². The summed E-state index contributed by atoms with van der Waals surface area (Å²) in [5.74, 6) is 2.01. The number of fused-ring (bicyclic) bond motifs is 1. The van der Waals surface area contributed by atoms with E-state index in [4.69, 9.17) is 21.3 Å². The van der Waals surface area contributed by atoms with Gasteiger partial charge in [0.2, 0.25) is 11.8 Å². The van der Waals surface area contributed by atoms with Gasteiger partial charge in [-0.3, -0.25) is 4.57 Å². The highest BCUT2D eigenvalue weighted by Gasteiger charge is 2.23. The Morgan fingerprint density at radius 3 is 2.68 bits per heavy atom. The Balaban J connectivity index is 1.38. The van der Waals surface area contributed by atoms with Gasteiger partial charge in [-0.1, -0.05) is 11.6 Å². The molecule has 130 valence electrons. The number of piperidine rings is 1. The average molecular weight is 358 g/mol. The summed E-state index contributed by atoms with van der Waals surface area (Å²) in [6.45, 7) is 2.57. The van der Waals surface area contributed by atoms with Gasteiger partial charge in [0, 0.05) is 32.5 Å². The van der Waals surface area contributed by atoms with Gasteiger partial charge in [-0.2, -0.15) is 0 Å². The molecule has 6 nitrogen and oxygen atoms in total. The zero-order valence-electron chi connectivity index (χ0n) is 14.1. The largest absolute Gasteiger partial charge is 0.476 e. The number of rotatable bonds is 4. The summed E-state index contributed by atoms with van der Waals surface area (Å²) in [6.07, 6.45) is 5.62. The van der Waals surface area contributed by atoms with E-state index >= 15 is 0 Å². The van der Waals surface area contributed by atoms with Crippen molar-refractivity contribution >= 4 is 28.7 Å². The Bertz CT molecular complexity index is 873.